The third-order valence-corrected chi connectivity index (χ3v) is 6.50. The van der Waals surface area contributed by atoms with Crippen molar-refractivity contribution < 1.29 is 22.8 Å². The number of hydrogen-bond acceptors (Lipinski definition) is 5. The van der Waals surface area contributed by atoms with Gasteiger partial charge in [-0.25, -0.2) is 13.2 Å². The van der Waals surface area contributed by atoms with Gasteiger partial charge < -0.3 is 10.6 Å². The zero-order chi connectivity index (χ0) is 19.8. The van der Waals surface area contributed by atoms with Crippen molar-refractivity contribution in [2.75, 3.05) is 25.0 Å². The lowest BCUT2D eigenvalue weighted by molar-refractivity contribution is -0.132. The van der Waals surface area contributed by atoms with Crippen LogP contribution < -0.4 is 10.6 Å². The van der Waals surface area contributed by atoms with Crippen LogP contribution in [0.1, 0.15) is 26.7 Å². The first kappa shape index (κ1) is 19.3. The Morgan fingerprint density at radius 3 is 2.26 bits per heavy atom. The second kappa shape index (κ2) is 6.93. The summed E-state index contributed by atoms with van der Waals surface area (Å²) in [5.74, 6) is -1.03. The Morgan fingerprint density at radius 1 is 1.15 bits per heavy atom. The molecule has 0 aromatic heterocycles. The highest BCUT2D eigenvalue weighted by molar-refractivity contribution is 7.89. The lowest BCUT2D eigenvalue weighted by Gasteiger charge is -2.16. The first-order valence-electron chi connectivity index (χ1n) is 8.65. The minimum absolute atomic E-state index is 0.165. The monoisotopic (exact) mass is 394 g/mol. The number of nitrogens with one attached hydrogen (secondary N) is 2. The third-order valence-electron chi connectivity index (χ3n) is 4.59. The lowest BCUT2D eigenvalue weighted by atomic mass is 10.1. The van der Waals surface area contributed by atoms with Gasteiger partial charge in [-0.1, -0.05) is 0 Å². The Labute approximate surface area is 157 Å². The molecular formula is C17H22N4O5S. The van der Waals surface area contributed by atoms with Crippen LogP contribution in [0.25, 0.3) is 0 Å². The molecule has 146 valence electrons. The van der Waals surface area contributed by atoms with Gasteiger partial charge in [0.25, 0.3) is 5.91 Å². The Bertz CT molecular complexity index is 873. The highest BCUT2D eigenvalue weighted by Gasteiger charge is 2.44. The fourth-order valence-electron chi connectivity index (χ4n) is 3.09. The van der Waals surface area contributed by atoms with E-state index in [0.717, 1.165) is 17.7 Å². The van der Waals surface area contributed by atoms with Gasteiger partial charge in [-0.3, -0.25) is 14.5 Å². The fraction of sp³-hybridized carbons (Fsp3) is 0.471. The zero-order valence-corrected chi connectivity index (χ0v) is 16.0. The van der Waals surface area contributed by atoms with Crippen LogP contribution in [0.2, 0.25) is 0 Å². The Morgan fingerprint density at radius 2 is 1.74 bits per heavy atom. The van der Waals surface area contributed by atoms with Gasteiger partial charge in [-0.2, -0.15) is 4.31 Å². The fourth-order valence-corrected chi connectivity index (χ4v) is 4.61. The van der Waals surface area contributed by atoms with Crippen LogP contribution in [0.3, 0.4) is 0 Å². The number of nitrogens with zero attached hydrogens (tertiary/aromatic N) is 2. The van der Waals surface area contributed by atoms with Crippen molar-refractivity contribution in [1.82, 2.24) is 14.5 Å². The molecule has 0 atom stereocenters. The van der Waals surface area contributed by atoms with E-state index >= 15 is 0 Å². The maximum atomic E-state index is 12.5. The molecule has 0 aliphatic carbocycles. The second-order valence-electron chi connectivity index (χ2n) is 7.13. The molecule has 4 amide bonds. The Balaban J connectivity index is 1.64. The molecule has 0 unspecified atom stereocenters. The normalized spacial score (nSPS) is 20.0. The van der Waals surface area contributed by atoms with Crippen molar-refractivity contribution in [2.45, 2.75) is 37.1 Å². The highest BCUT2D eigenvalue weighted by atomic mass is 32.2. The molecule has 2 heterocycles. The quantitative estimate of drug-likeness (QED) is 0.715. The first-order chi connectivity index (χ1) is 12.6. The van der Waals surface area contributed by atoms with Gasteiger partial charge >= 0.3 is 6.03 Å². The maximum Gasteiger partial charge on any atom is 0.325 e. The predicted molar refractivity (Wildman–Crippen MR) is 97.4 cm³/mol. The molecule has 0 saturated carbocycles. The molecule has 0 spiro atoms. The van der Waals surface area contributed by atoms with E-state index in [2.05, 4.69) is 10.6 Å². The number of benzene rings is 1. The van der Waals surface area contributed by atoms with Gasteiger partial charge in [0.05, 0.1) is 4.90 Å². The maximum absolute atomic E-state index is 12.5. The molecule has 27 heavy (non-hydrogen) atoms. The van der Waals surface area contributed by atoms with E-state index in [0.29, 0.717) is 18.8 Å². The summed E-state index contributed by atoms with van der Waals surface area (Å²) in [4.78, 5) is 37.1. The van der Waals surface area contributed by atoms with Crippen molar-refractivity contribution in [1.29, 1.82) is 0 Å². The van der Waals surface area contributed by atoms with E-state index < -0.39 is 40.0 Å². The summed E-state index contributed by atoms with van der Waals surface area (Å²) in [6.07, 6.45) is 1.71. The van der Waals surface area contributed by atoms with Crippen LogP contribution >= 0.6 is 0 Å². The van der Waals surface area contributed by atoms with Crippen molar-refractivity contribution in [3.8, 4) is 0 Å². The summed E-state index contributed by atoms with van der Waals surface area (Å²) in [5.41, 5.74) is -0.658. The van der Waals surface area contributed by atoms with Crippen LogP contribution in [-0.2, 0) is 19.6 Å². The molecule has 9 nitrogen and oxygen atoms in total. The van der Waals surface area contributed by atoms with Crippen LogP contribution in [0.5, 0.6) is 0 Å². The van der Waals surface area contributed by atoms with Gasteiger partial charge in [-0.05, 0) is 51.0 Å². The molecule has 2 aliphatic rings. The van der Waals surface area contributed by atoms with Crippen LogP contribution in [-0.4, -0.2) is 60.6 Å². The molecule has 2 fully saturated rings. The summed E-state index contributed by atoms with van der Waals surface area (Å²) in [5, 5.41) is 5.06. The summed E-state index contributed by atoms with van der Waals surface area (Å²) in [6, 6.07) is 5.21. The SMILES string of the molecule is CC1(C)NC(=O)N(CC(=O)Nc2ccc(S(=O)(=O)N3CCCC3)cc2)C1=O. The number of anilines is 1. The number of sulfonamides is 1. The van der Waals surface area contributed by atoms with Crippen LogP contribution in [0.15, 0.2) is 29.2 Å². The van der Waals surface area contributed by atoms with E-state index in [-0.39, 0.29) is 4.90 Å². The smallest absolute Gasteiger partial charge is 0.325 e. The van der Waals surface area contributed by atoms with Gasteiger partial charge in [0.1, 0.15) is 12.1 Å². The summed E-state index contributed by atoms with van der Waals surface area (Å²) >= 11 is 0. The molecule has 3 rings (SSSR count). The van der Waals surface area contributed by atoms with E-state index in [1.54, 1.807) is 13.8 Å². The number of urea groups is 1. The highest BCUT2D eigenvalue weighted by Crippen LogP contribution is 2.22. The summed E-state index contributed by atoms with van der Waals surface area (Å²) in [6.45, 7) is 3.74. The van der Waals surface area contributed by atoms with Gasteiger partial charge in [-0.15, -0.1) is 0 Å². The lowest BCUT2D eigenvalue weighted by Crippen LogP contribution is -2.41. The minimum atomic E-state index is -3.52. The standard InChI is InChI=1S/C17H22N4O5S/c1-17(2)15(23)21(16(24)19-17)11-14(22)18-12-5-7-13(8-6-12)27(25,26)20-9-3-4-10-20/h5-8H,3-4,9-11H2,1-2H3,(H,18,22)(H,19,24). The van der Waals surface area contributed by atoms with E-state index in [4.69, 9.17) is 0 Å². The van der Waals surface area contributed by atoms with Crippen LogP contribution in [0, 0.1) is 0 Å². The van der Waals surface area contributed by atoms with E-state index in [1.807, 2.05) is 0 Å². The molecular weight excluding hydrogens is 372 g/mol. The first-order valence-corrected chi connectivity index (χ1v) is 10.1. The zero-order valence-electron chi connectivity index (χ0n) is 15.2. The van der Waals surface area contributed by atoms with Crippen molar-refractivity contribution in [2.24, 2.45) is 0 Å². The van der Waals surface area contributed by atoms with Gasteiger partial charge in [0, 0.05) is 18.8 Å². The summed E-state index contributed by atoms with van der Waals surface area (Å²) < 4.78 is 26.4. The Kier molecular flexibility index (Phi) is 4.96. The number of amides is 4. The average Bonchev–Trinajstić information content (AvgIpc) is 3.19. The number of carbonyl (C=O) groups is 3. The van der Waals surface area contributed by atoms with E-state index in [9.17, 15) is 22.8 Å². The predicted octanol–water partition coefficient (Wildman–Crippen LogP) is 0.740. The average molecular weight is 394 g/mol. The number of rotatable bonds is 5. The molecule has 2 aliphatic heterocycles. The van der Waals surface area contributed by atoms with Gasteiger partial charge in [0.2, 0.25) is 15.9 Å². The summed E-state index contributed by atoms with van der Waals surface area (Å²) in [7, 11) is -3.52. The van der Waals surface area contributed by atoms with Gasteiger partial charge in [0.15, 0.2) is 0 Å². The largest absolute Gasteiger partial charge is 0.325 e. The van der Waals surface area contributed by atoms with Crippen molar-refractivity contribution in [3.63, 3.8) is 0 Å². The molecule has 2 N–H and O–H groups in total. The van der Waals surface area contributed by atoms with Crippen LogP contribution in [0.4, 0.5) is 10.5 Å². The molecule has 1 aromatic rings. The number of hydrogen-bond donors (Lipinski definition) is 2. The minimum Gasteiger partial charge on any atom is -0.325 e. The van der Waals surface area contributed by atoms with E-state index in [1.165, 1.54) is 28.6 Å². The number of carbonyl (C=O) groups excluding carboxylic acids is 3. The molecule has 10 heteroatoms. The van der Waals surface area contributed by atoms with Crippen molar-refractivity contribution >= 4 is 33.6 Å². The Hall–Kier alpha value is -2.46. The third kappa shape index (κ3) is 3.81. The molecule has 1 aromatic carbocycles. The van der Waals surface area contributed by atoms with Crippen molar-refractivity contribution in [3.05, 3.63) is 24.3 Å². The molecule has 2 saturated heterocycles. The number of imide groups is 1. The second-order valence-corrected chi connectivity index (χ2v) is 9.07. The molecule has 0 radical (unpaired) electrons. The topological polar surface area (TPSA) is 116 Å². The molecule has 0 bridgehead atoms.